The van der Waals surface area contributed by atoms with Crippen LogP contribution < -0.4 is 9.64 Å². The molecule has 2 aliphatic rings. The van der Waals surface area contributed by atoms with Gasteiger partial charge < -0.3 is 19.1 Å². The highest BCUT2D eigenvalue weighted by Crippen LogP contribution is 2.33. The molecule has 0 N–H and O–H groups in total. The highest BCUT2D eigenvalue weighted by atomic mass is 19.1. The number of benzene rings is 2. The minimum absolute atomic E-state index is 0.0391. The summed E-state index contributed by atoms with van der Waals surface area (Å²) in [6.07, 6.45) is 3.77. The SMILES string of the molecule is COc1c(C)cc(C2CCc3nc(C(=O)N4CCN(c5ccccc5F)CC4)cn3C2)cc1C. The molecule has 0 saturated carbocycles. The summed E-state index contributed by atoms with van der Waals surface area (Å²) in [6.45, 7) is 7.33. The van der Waals surface area contributed by atoms with E-state index >= 15 is 0 Å². The van der Waals surface area contributed by atoms with Crippen LogP contribution in [0.3, 0.4) is 0 Å². The molecule has 178 valence electrons. The van der Waals surface area contributed by atoms with Crippen molar-refractivity contribution in [2.75, 3.05) is 38.2 Å². The summed E-state index contributed by atoms with van der Waals surface area (Å²) in [6, 6.07) is 11.2. The fraction of sp³-hybridized carbons (Fsp3) is 0.407. The maximum atomic E-state index is 14.1. The number of imidazole rings is 1. The number of nitrogens with zero attached hydrogens (tertiary/aromatic N) is 4. The minimum atomic E-state index is -0.221. The van der Waals surface area contributed by atoms with Gasteiger partial charge in [0.05, 0.1) is 12.8 Å². The van der Waals surface area contributed by atoms with E-state index in [0.29, 0.717) is 43.5 Å². The zero-order valence-corrected chi connectivity index (χ0v) is 20.1. The number of anilines is 1. The first-order valence-electron chi connectivity index (χ1n) is 11.9. The average Bonchev–Trinajstić information content (AvgIpc) is 3.27. The van der Waals surface area contributed by atoms with Crippen LogP contribution in [0.1, 0.15) is 45.3 Å². The van der Waals surface area contributed by atoms with E-state index in [1.165, 1.54) is 11.6 Å². The highest BCUT2D eigenvalue weighted by Gasteiger charge is 2.28. The molecule has 1 saturated heterocycles. The van der Waals surface area contributed by atoms with Gasteiger partial charge in [-0.2, -0.15) is 0 Å². The summed E-state index contributed by atoms with van der Waals surface area (Å²) >= 11 is 0. The van der Waals surface area contributed by atoms with Crippen LogP contribution in [0.5, 0.6) is 5.75 Å². The van der Waals surface area contributed by atoms with Crippen molar-refractivity contribution in [2.45, 2.75) is 39.2 Å². The highest BCUT2D eigenvalue weighted by molar-refractivity contribution is 5.92. The van der Waals surface area contributed by atoms with Crippen molar-refractivity contribution in [3.63, 3.8) is 0 Å². The maximum Gasteiger partial charge on any atom is 0.274 e. The van der Waals surface area contributed by atoms with Crippen molar-refractivity contribution in [3.8, 4) is 5.75 Å². The van der Waals surface area contributed by atoms with Crippen LogP contribution in [-0.2, 0) is 13.0 Å². The van der Waals surface area contributed by atoms with Crippen LogP contribution in [0, 0.1) is 19.7 Å². The quantitative estimate of drug-likeness (QED) is 0.579. The first kappa shape index (κ1) is 22.4. The van der Waals surface area contributed by atoms with Crippen molar-refractivity contribution in [3.05, 3.63) is 76.6 Å². The van der Waals surface area contributed by atoms with Gasteiger partial charge >= 0.3 is 0 Å². The van der Waals surface area contributed by atoms with E-state index < -0.39 is 0 Å². The number of hydrogen-bond acceptors (Lipinski definition) is 4. The average molecular weight is 463 g/mol. The molecule has 34 heavy (non-hydrogen) atoms. The summed E-state index contributed by atoms with van der Waals surface area (Å²) in [5.41, 5.74) is 4.73. The number of rotatable bonds is 4. The largest absolute Gasteiger partial charge is 0.496 e. The molecule has 2 aliphatic heterocycles. The monoisotopic (exact) mass is 462 g/mol. The van der Waals surface area contributed by atoms with Gasteiger partial charge in [0.25, 0.3) is 5.91 Å². The second-order valence-electron chi connectivity index (χ2n) is 9.35. The molecule has 3 aromatic rings. The van der Waals surface area contributed by atoms with E-state index in [1.807, 2.05) is 22.1 Å². The number of halogens is 1. The molecule has 1 atom stereocenters. The number of ether oxygens (including phenoxy) is 1. The number of hydrogen-bond donors (Lipinski definition) is 0. The number of fused-ring (bicyclic) bond motifs is 1. The molecule has 0 bridgehead atoms. The minimum Gasteiger partial charge on any atom is -0.496 e. The predicted octanol–water partition coefficient (Wildman–Crippen LogP) is 4.34. The van der Waals surface area contributed by atoms with E-state index in [4.69, 9.17) is 4.74 Å². The number of para-hydroxylation sites is 1. The number of aryl methyl sites for hydroxylation is 3. The standard InChI is InChI=1S/C27H31FN4O2/c1-18-14-21(15-19(2)26(18)34-3)20-8-9-25-29-23(17-32(25)16-20)27(33)31-12-10-30(11-13-31)24-7-5-4-6-22(24)28/h4-7,14-15,17,20H,8-13,16H2,1-3H3. The Bertz CT molecular complexity index is 1190. The van der Waals surface area contributed by atoms with E-state index in [9.17, 15) is 9.18 Å². The summed E-state index contributed by atoms with van der Waals surface area (Å²) in [5.74, 6) is 2.05. The topological polar surface area (TPSA) is 50.6 Å². The molecule has 6 nitrogen and oxygen atoms in total. The molecule has 0 radical (unpaired) electrons. The summed E-state index contributed by atoms with van der Waals surface area (Å²) < 4.78 is 21.8. The third kappa shape index (κ3) is 4.15. The second-order valence-corrected chi connectivity index (χ2v) is 9.35. The molecule has 1 unspecified atom stereocenters. The van der Waals surface area contributed by atoms with Crippen LogP contribution in [0.2, 0.25) is 0 Å². The van der Waals surface area contributed by atoms with E-state index in [2.05, 4.69) is 35.5 Å². The third-order valence-electron chi connectivity index (χ3n) is 7.13. The number of methoxy groups -OCH3 is 1. The van der Waals surface area contributed by atoms with Crippen LogP contribution >= 0.6 is 0 Å². The number of amides is 1. The molecule has 0 aliphatic carbocycles. The summed E-state index contributed by atoms with van der Waals surface area (Å²) in [5, 5.41) is 0. The molecule has 1 amide bonds. The Morgan fingerprint density at radius 3 is 2.47 bits per heavy atom. The second kappa shape index (κ2) is 9.12. The summed E-state index contributed by atoms with van der Waals surface area (Å²) in [4.78, 5) is 21.7. The fourth-order valence-corrected chi connectivity index (χ4v) is 5.38. The maximum absolute atomic E-state index is 14.1. The van der Waals surface area contributed by atoms with Crippen molar-refractivity contribution < 1.29 is 13.9 Å². The van der Waals surface area contributed by atoms with Crippen molar-refractivity contribution >= 4 is 11.6 Å². The van der Waals surface area contributed by atoms with Gasteiger partial charge in [0.15, 0.2) is 0 Å². The van der Waals surface area contributed by atoms with Crippen molar-refractivity contribution in [1.82, 2.24) is 14.5 Å². The van der Waals surface area contributed by atoms with E-state index in [-0.39, 0.29) is 11.7 Å². The van der Waals surface area contributed by atoms with Crippen LogP contribution in [0.25, 0.3) is 0 Å². The van der Waals surface area contributed by atoms with Gasteiger partial charge in [0.1, 0.15) is 23.1 Å². The molecule has 5 rings (SSSR count). The Kier molecular flexibility index (Phi) is 6.02. The first-order chi connectivity index (χ1) is 16.4. The third-order valence-corrected chi connectivity index (χ3v) is 7.13. The molecule has 7 heteroatoms. The van der Waals surface area contributed by atoms with Gasteiger partial charge in [0, 0.05) is 51.3 Å². The number of carbonyl (C=O) groups is 1. The lowest BCUT2D eigenvalue weighted by Gasteiger charge is -2.35. The predicted molar refractivity (Wildman–Crippen MR) is 130 cm³/mol. The Hall–Kier alpha value is -3.35. The Labute approximate surface area is 200 Å². The zero-order valence-electron chi connectivity index (χ0n) is 20.1. The van der Waals surface area contributed by atoms with E-state index in [0.717, 1.165) is 42.1 Å². The Balaban J connectivity index is 1.26. The molecule has 0 spiro atoms. The van der Waals surface area contributed by atoms with Gasteiger partial charge in [0.2, 0.25) is 0 Å². The smallest absolute Gasteiger partial charge is 0.274 e. The van der Waals surface area contributed by atoms with Gasteiger partial charge in [-0.3, -0.25) is 4.79 Å². The first-order valence-corrected chi connectivity index (χ1v) is 11.9. The van der Waals surface area contributed by atoms with Gasteiger partial charge in [-0.1, -0.05) is 24.3 Å². The number of piperazine rings is 1. The Morgan fingerprint density at radius 2 is 1.79 bits per heavy atom. The summed E-state index contributed by atoms with van der Waals surface area (Å²) in [7, 11) is 1.71. The van der Waals surface area contributed by atoms with Crippen LogP contribution in [0.15, 0.2) is 42.6 Å². The fourth-order valence-electron chi connectivity index (χ4n) is 5.38. The molecular formula is C27H31FN4O2. The van der Waals surface area contributed by atoms with Gasteiger partial charge in [-0.15, -0.1) is 0 Å². The number of carbonyl (C=O) groups excluding carboxylic acids is 1. The molecule has 3 heterocycles. The van der Waals surface area contributed by atoms with Gasteiger partial charge in [-0.05, 0) is 49.1 Å². The van der Waals surface area contributed by atoms with Crippen LogP contribution in [0.4, 0.5) is 10.1 Å². The molecule has 1 aromatic heterocycles. The van der Waals surface area contributed by atoms with Crippen molar-refractivity contribution in [2.24, 2.45) is 0 Å². The van der Waals surface area contributed by atoms with Crippen molar-refractivity contribution in [1.29, 1.82) is 0 Å². The lowest BCUT2D eigenvalue weighted by molar-refractivity contribution is 0.0741. The lowest BCUT2D eigenvalue weighted by Crippen LogP contribution is -2.49. The molecular weight excluding hydrogens is 431 g/mol. The zero-order chi connectivity index (χ0) is 23.8. The van der Waals surface area contributed by atoms with Gasteiger partial charge in [-0.25, -0.2) is 9.37 Å². The molecule has 2 aromatic carbocycles. The Morgan fingerprint density at radius 1 is 1.09 bits per heavy atom. The number of aromatic nitrogens is 2. The normalized spacial score (nSPS) is 18.1. The lowest BCUT2D eigenvalue weighted by atomic mass is 9.89. The van der Waals surface area contributed by atoms with Crippen LogP contribution in [-0.4, -0.2) is 53.6 Å². The molecule has 1 fully saturated rings. The van der Waals surface area contributed by atoms with E-state index in [1.54, 1.807) is 19.2 Å².